The van der Waals surface area contributed by atoms with Crippen LogP contribution in [0.4, 0.5) is 0 Å². The maximum absolute atomic E-state index is 5.67. The van der Waals surface area contributed by atoms with Crippen molar-refractivity contribution in [3.05, 3.63) is 12.4 Å². The largest absolute Gasteiger partial charge is 0.489 e. The first-order chi connectivity index (χ1) is 8.99. The second-order valence-electron chi connectivity index (χ2n) is 5.92. The maximum atomic E-state index is 5.67. The van der Waals surface area contributed by atoms with Gasteiger partial charge in [-0.1, -0.05) is 13.8 Å². The molecule has 1 aromatic rings. The van der Waals surface area contributed by atoms with Crippen LogP contribution >= 0.6 is 0 Å². The van der Waals surface area contributed by atoms with Gasteiger partial charge in [0.15, 0.2) is 5.75 Å². The molecule has 0 radical (unpaired) electrons. The fourth-order valence-electron chi connectivity index (χ4n) is 1.84. The van der Waals surface area contributed by atoms with Crippen molar-refractivity contribution in [1.82, 2.24) is 15.1 Å². The van der Waals surface area contributed by atoms with Crippen molar-refractivity contribution in [1.29, 1.82) is 0 Å². The summed E-state index contributed by atoms with van der Waals surface area (Å²) in [6.45, 7) is 12.6. The zero-order valence-corrected chi connectivity index (χ0v) is 13.0. The lowest BCUT2D eigenvalue weighted by molar-refractivity contribution is 0.302. The van der Waals surface area contributed by atoms with Crippen LogP contribution in [-0.2, 0) is 0 Å². The Bertz CT molecular complexity index is 347. The van der Waals surface area contributed by atoms with Crippen LogP contribution in [0, 0.1) is 5.92 Å². The fraction of sp³-hybridized carbons (Fsp3) is 0.800. The number of nitrogens with zero attached hydrogens (tertiary/aromatic N) is 2. The van der Waals surface area contributed by atoms with E-state index in [2.05, 4.69) is 45.0 Å². The predicted octanol–water partition coefficient (Wildman–Crippen LogP) is 3.26. The molecule has 0 amide bonds. The fourth-order valence-corrected chi connectivity index (χ4v) is 1.84. The minimum absolute atomic E-state index is 0.381. The van der Waals surface area contributed by atoms with Crippen LogP contribution in [0.1, 0.15) is 53.5 Å². The molecule has 1 heterocycles. The summed E-state index contributed by atoms with van der Waals surface area (Å²) in [5.41, 5.74) is 0. The zero-order chi connectivity index (χ0) is 14.3. The normalized spacial score (nSPS) is 13.2. The Kier molecular flexibility index (Phi) is 6.92. The monoisotopic (exact) mass is 267 g/mol. The van der Waals surface area contributed by atoms with Crippen LogP contribution in [0.2, 0.25) is 0 Å². The van der Waals surface area contributed by atoms with Crippen molar-refractivity contribution in [2.45, 2.75) is 59.5 Å². The lowest BCUT2D eigenvalue weighted by Crippen LogP contribution is -2.30. The van der Waals surface area contributed by atoms with Gasteiger partial charge in [0, 0.05) is 18.6 Å². The SMILES string of the molecule is CC(C)CCC(C)NCCOc1cnn(C(C)C)c1. The van der Waals surface area contributed by atoms with Gasteiger partial charge in [-0.15, -0.1) is 0 Å². The van der Waals surface area contributed by atoms with Gasteiger partial charge >= 0.3 is 0 Å². The molecule has 1 atom stereocenters. The molecule has 1 unspecified atom stereocenters. The Morgan fingerprint density at radius 2 is 1.95 bits per heavy atom. The van der Waals surface area contributed by atoms with E-state index < -0.39 is 0 Å². The van der Waals surface area contributed by atoms with Crippen molar-refractivity contribution >= 4 is 0 Å². The first-order valence-corrected chi connectivity index (χ1v) is 7.39. The van der Waals surface area contributed by atoms with Gasteiger partial charge in [-0.2, -0.15) is 5.10 Å². The van der Waals surface area contributed by atoms with Crippen LogP contribution < -0.4 is 10.1 Å². The lowest BCUT2D eigenvalue weighted by Gasteiger charge is -2.14. The Hall–Kier alpha value is -1.03. The van der Waals surface area contributed by atoms with Gasteiger partial charge in [-0.3, -0.25) is 4.68 Å². The van der Waals surface area contributed by atoms with Gasteiger partial charge < -0.3 is 10.1 Å². The van der Waals surface area contributed by atoms with Crippen LogP contribution in [0.5, 0.6) is 5.75 Å². The average Bonchev–Trinajstić information content (AvgIpc) is 2.81. The van der Waals surface area contributed by atoms with Crippen molar-refractivity contribution in [2.75, 3.05) is 13.2 Å². The summed E-state index contributed by atoms with van der Waals surface area (Å²) in [7, 11) is 0. The molecule has 0 aliphatic carbocycles. The van der Waals surface area contributed by atoms with Gasteiger partial charge in [0.1, 0.15) is 6.61 Å². The molecule has 0 aliphatic rings. The lowest BCUT2D eigenvalue weighted by atomic mass is 10.0. The van der Waals surface area contributed by atoms with E-state index >= 15 is 0 Å². The minimum atomic E-state index is 0.381. The number of hydrogen-bond donors (Lipinski definition) is 1. The maximum Gasteiger partial charge on any atom is 0.157 e. The summed E-state index contributed by atoms with van der Waals surface area (Å²) < 4.78 is 7.58. The molecule has 1 rings (SSSR count). The summed E-state index contributed by atoms with van der Waals surface area (Å²) >= 11 is 0. The van der Waals surface area contributed by atoms with E-state index in [0.717, 1.165) is 18.2 Å². The molecule has 0 spiro atoms. The molecule has 1 N–H and O–H groups in total. The summed E-state index contributed by atoms with van der Waals surface area (Å²) in [5.74, 6) is 1.63. The molecule has 4 heteroatoms. The first kappa shape index (κ1) is 16.0. The highest BCUT2D eigenvalue weighted by molar-refractivity contribution is 5.11. The van der Waals surface area contributed by atoms with Crippen molar-refractivity contribution < 1.29 is 4.74 Å². The second-order valence-corrected chi connectivity index (χ2v) is 5.92. The van der Waals surface area contributed by atoms with E-state index in [1.807, 2.05) is 10.9 Å². The Balaban J connectivity index is 2.12. The summed E-state index contributed by atoms with van der Waals surface area (Å²) in [4.78, 5) is 0. The van der Waals surface area contributed by atoms with Crippen LogP contribution in [0.25, 0.3) is 0 Å². The second kappa shape index (κ2) is 8.20. The molecule has 19 heavy (non-hydrogen) atoms. The summed E-state index contributed by atoms with van der Waals surface area (Å²) in [6, 6.07) is 0.941. The van der Waals surface area contributed by atoms with Gasteiger partial charge in [0.05, 0.1) is 12.4 Å². The van der Waals surface area contributed by atoms with Crippen molar-refractivity contribution in [3.8, 4) is 5.75 Å². The quantitative estimate of drug-likeness (QED) is 0.698. The Morgan fingerprint density at radius 3 is 2.53 bits per heavy atom. The third-order valence-electron chi connectivity index (χ3n) is 3.15. The van der Waals surface area contributed by atoms with Crippen LogP contribution in [-0.4, -0.2) is 29.0 Å². The van der Waals surface area contributed by atoms with E-state index in [4.69, 9.17) is 4.74 Å². The van der Waals surface area contributed by atoms with E-state index in [1.165, 1.54) is 12.8 Å². The Morgan fingerprint density at radius 1 is 1.21 bits per heavy atom. The standard InChI is InChI=1S/C15H29N3O/c1-12(2)6-7-14(5)16-8-9-19-15-10-17-18(11-15)13(3)4/h10-14,16H,6-9H2,1-5H3. The predicted molar refractivity (Wildman–Crippen MR) is 79.6 cm³/mol. The highest BCUT2D eigenvalue weighted by Crippen LogP contribution is 2.12. The molecule has 1 aromatic heterocycles. The van der Waals surface area contributed by atoms with Gasteiger partial charge in [0.2, 0.25) is 0 Å². The highest BCUT2D eigenvalue weighted by Gasteiger charge is 2.04. The molecule has 0 bridgehead atoms. The van der Waals surface area contributed by atoms with Crippen molar-refractivity contribution in [2.24, 2.45) is 5.92 Å². The third kappa shape index (κ3) is 6.62. The number of rotatable bonds is 9. The van der Waals surface area contributed by atoms with E-state index in [1.54, 1.807) is 6.20 Å². The highest BCUT2D eigenvalue weighted by atomic mass is 16.5. The summed E-state index contributed by atoms with van der Waals surface area (Å²) in [6.07, 6.45) is 6.23. The average molecular weight is 267 g/mol. The number of aromatic nitrogens is 2. The molecule has 4 nitrogen and oxygen atoms in total. The summed E-state index contributed by atoms with van der Waals surface area (Å²) in [5, 5.41) is 7.74. The molecular weight excluding hydrogens is 238 g/mol. The van der Waals surface area contributed by atoms with E-state index in [-0.39, 0.29) is 0 Å². The third-order valence-corrected chi connectivity index (χ3v) is 3.15. The topological polar surface area (TPSA) is 39.1 Å². The molecular formula is C15H29N3O. The molecule has 0 aliphatic heterocycles. The van der Waals surface area contributed by atoms with E-state index in [9.17, 15) is 0 Å². The molecule has 0 saturated heterocycles. The van der Waals surface area contributed by atoms with Gasteiger partial charge in [0.25, 0.3) is 0 Å². The number of nitrogens with one attached hydrogen (secondary N) is 1. The zero-order valence-electron chi connectivity index (χ0n) is 13.0. The van der Waals surface area contributed by atoms with Gasteiger partial charge in [-0.05, 0) is 39.5 Å². The molecule has 0 fully saturated rings. The molecule has 0 saturated carbocycles. The van der Waals surface area contributed by atoms with Gasteiger partial charge in [-0.25, -0.2) is 0 Å². The number of ether oxygens (including phenoxy) is 1. The minimum Gasteiger partial charge on any atom is -0.489 e. The van der Waals surface area contributed by atoms with E-state index in [0.29, 0.717) is 18.7 Å². The molecule has 0 aromatic carbocycles. The van der Waals surface area contributed by atoms with Crippen LogP contribution in [0.3, 0.4) is 0 Å². The smallest absolute Gasteiger partial charge is 0.157 e. The first-order valence-electron chi connectivity index (χ1n) is 7.39. The Labute approximate surface area is 117 Å². The van der Waals surface area contributed by atoms with Crippen LogP contribution in [0.15, 0.2) is 12.4 Å². The van der Waals surface area contributed by atoms with Crippen molar-refractivity contribution in [3.63, 3.8) is 0 Å². The number of hydrogen-bond acceptors (Lipinski definition) is 3. The molecule has 110 valence electrons.